The Balaban J connectivity index is 1.94. The van der Waals surface area contributed by atoms with Crippen molar-refractivity contribution in [2.75, 3.05) is 5.32 Å². The molecule has 2 atom stereocenters. The summed E-state index contributed by atoms with van der Waals surface area (Å²) < 4.78 is 0. The highest BCUT2D eigenvalue weighted by Gasteiger charge is 2.48. The zero-order valence-electron chi connectivity index (χ0n) is 9.54. The molecular weight excluding hydrogens is 234 g/mol. The average molecular weight is 247 g/mol. The highest BCUT2D eigenvalue weighted by molar-refractivity contribution is 5.98. The second kappa shape index (κ2) is 4.87. The first-order chi connectivity index (χ1) is 8.61. The van der Waals surface area contributed by atoms with E-state index in [4.69, 9.17) is 10.9 Å². The van der Waals surface area contributed by atoms with E-state index in [1.54, 1.807) is 24.3 Å². The molecule has 0 spiro atoms. The Morgan fingerprint density at radius 3 is 2.50 bits per heavy atom. The number of aliphatic carboxylic acids is 1. The van der Waals surface area contributed by atoms with Crippen molar-refractivity contribution in [2.45, 2.75) is 6.42 Å². The van der Waals surface area contributed by atoms with Gasteiger partial charge in [0, 0.05) is 5.69 Å². The van der Waals surface area contributed by atoms with E-state index in [0.717, 1.165) is 5.56 Å². The Morgan fingerprint density at radius 2 is 2.00 bits per heavy atom. The van der Waals surface area contributed by atoms with Crippen molar-refractivity contribution < 1.29 is 14.7 Å². The number of rotatable bonds is 4. The maximum atomic E-state index is 11.7. The number of carbonyl (C=O) groups excluding carboxylic acids is 1. The largest absolute Gasteiger partial charge is 0.481 e. The van der Waals surface area contributed by atoms with Gasteiger partial charge in [0.2, 0.25) is 5.91 Å². The van der Waals surface area contributed by atoms with Crippen molar-refractivity contribution in [3.05, 3.63) is 29.8 Å². The van der Waals surface area contributed by atoms with Crippen LogP contribution in [0.1, 0.15) is 12.0 Å². The molecular formula is C12H13N3O3. The van der Waals surface area contributed by atoms with Crippen LogP contribution < -0.4 is 11.2 Å². The smallest absolute Gasteiger partial charge is 0.307 e. The number of nitrogens with zero attached hydrogens (tertiary/aromatic N) is 1. The lowest BCUT2D eigenvalue weighted by Crippen LogP contribution is -2.16. The predicted molar refractivity (Wildman–Crippen MR) is 66.1 cm³/mol. The fourth-order valence-corrected chi connectivity index (χ4v) is 1.73. The summed E-state index contributed by atoms with van der Waals surface area (Å²) in [6.45, 7) is 0. The van der Waals surface area contributed by atoms with E-state index < -0.39 is 17.8 Å². The number of hydrazone groups is 1. The fraction of sp³-hybridized carbons (Fsp3) is 0.250. The minimum absolute atomic E-state index is 0.248. The van der Waals surface area contributed by atoms with Gasteiger partial charge in [-0.15, -0.1) is 0 Å². The van der Waals surface area contributed by atoms with Crippen LogP contribution in [0, 0.1) is 11.8 Å². The van der Waals surface area contributed by atoms with Gasteiger partial charge < -0.3 is 16.3 Å². The quantitative estimate of drug-likeness (QED) is 0.412. The molecule has 6 nitrogen and oxygen atoms in total. The number of carboxylic acid groups (broad SMARTS) is 1. The first-order valence-corrected chi connectivity index (χ1v) is 5.49. The van der Waals surface area contributed by atoms with E-state index in [2.05, 4.69) is 10.4 Å². The molecule has 6 heteroatoms. The molecule has 2 rings (SSSR count). The molecule has 0 saturated heterocycles. The maximum absolute atomic E-state index is 11.7. The molecule has 1 aromatic rings. The van der Waals surface area contributed by atoms with Crippen LogP contribution in [0.2, 0.25) is 0 Å². The van der Waals surface area contributed by atoms with Gasteiger partial charge >= 0.3 is 5.97 Å². The third-order valence-corrected chi connectivity index (χ3v) is 2.85. The fourth-order valence-electron chi connectivity index (χ4n) is 1.73. The monoisotopic (exact) mass is 247 g/mol. The maximum Gasteiger partial charge on any atom is 0.307 e. The number of carbonyl (C=O) groups is 2. The van der Waals surface area contributed by atoms with E-state index >= 15 is 0 Å². The predicted octanol–water partition coefficient (Wildman–Crippen LogP) is 0.638. The van der Waals surface area contributed by atoms with Crippen molar-refractivity contribution >= 4 is 23.8 Å². The molecule has 94 valence electrons. The highest BCUT2D eigenvalue weighted by atomic mass is 16.4. The van der Waals surface area contributed by atoms with Gasteiger partial charge in [0.25, 0.3) is 0 Å². The lowest BCUT2D eigenvalue weighted by Gasteiger charge is -2.04. The Morgan fingerprint density at radius 1 is 1.33 bits per heavy atom. The third kappa shape index (κ3) is 2.65. The van der Waals surface area contributed by atoms with Crippen LogP contribution in [-0.2, 0) is 9.59 Å². The van der Waals surface area contributed by atoms with Crippen LogP contribution in [0.15, 0.2) is 29.4 Å². The lowest BCUT2D eigenvalue weighted by atomic mass is 10.2. The lowest BCUT2D eigenvalue weighted by molar-refractivity contribution is -0.139. The highest BCUT2D eigenvalue weighted by Crippen LogP contribution is 2.39. The van der Waals surface area contributed by atoms with Gasteiger partial charge in [-0.25, -0.2) is 0 Å². The topological polar surface area (TPSA) is 105 Å². The second-order valence-electron chi connectivity index (χ2n) is 4.18. The Labute approximate surface area is 103 Å². The number of nitrogens with one attached hydrogen (secondary N) is 1. The molecule has 0 aliphatic heterocycles. The molecule has 1 saturated carbocycles. The molecule has 0 heterocycles. The van der Waals surface area contributed by atoms with Gasteiger partial charge in [-0.2, -0.15) is 5.10 Å². The van der Waals surface area contributed by atoms with Gasteiger partial charge in [0.05, 0.1) is 18.1 Å². The zero-order valence-corrected chi connectivity index (χ0v) is 9.54. The Kier molecular flexibility index (Phi) is 3.27. The Hall–Kier alpha value is -2.37. The van der Waals surface area contributed by atoms with Gasteiger partial charge in [-0.05, 0) is 24.1 Å². The van der Waals surface area contributed by atoms with Crippen LogP contribution in [-0.4, -0.2) is 23.2 Å². The molecule has 1 fully saturated rings. The van der Waals surface area contributed by atoms with Crippen LogP contribution in [0.4, 0.5) is 5.69 Å². The van der Waals surface area contributed by atoms with Crippen molar-refractivity contribution in [1.82, 2.24) is 0 Å². The van der Waals surface area contributed by atoms with E-state index in [-0.39, 0.29) is 5.91 Å². The minimum atomic E-state index is -0.912. The third-order valence-electron chi connectivity index (χ3n) is 2.85. The molecule has 0 radical (unpaired) electrons. The summed E-state index contributed by atoms with van der Waals surface area (Å²) in [6.07, 6.45) is 1.91. The number of benzene rings is 1. The molecule has 0 aromatic heterocycles. The number of carboxylic acids is 1. The normalized spacial score (nSPS) is 21.8. The van der Waals surface area contributed by atoms with Crippen molar-refractivity contribution in [3.8, 4) is 0 Å². The first kappa shape index (κ1) is 12.1. The molecule has 1 aromatic carbocycles. The van der Waals surface area contributed by atoms with Gasteiger partial charge in [-0.1, -0.05) is 12.1 Å². The van der Waals surface area contributed by atoms with Crippen LogP contribution in [0.25, 0.3) is 0 Å². The Bertz CT molecular complexity index is 496. The first-order valence-electron chi connectivity index (χ1n) is 5.49. The van der Waals surface area contributed by atoms with E-state index in [1.165, 1.54) is 6.21 Å². The van der Waals surface area contributed by atoms with Crippen LogP contribution in [0.3, 0.4) is 0 Å². The summed E-state index contributed by atoms with van der Waals surface area (Å²) in [7, 11) is 0. The summed E-state index contributed by atoms with van der Waals surface area (Å²) in [5.41, 5.74) is 1.45. The van der Waals surface area contributed by atoms with Gasteiger partial charge in [0.1, 0.15) is 0 Å². The summed E-state index contributed by atoms with van der Waals surface area (Å²) >= 11 is 0. The number of hydrogen-bond acceptors (Lipinski definition) is 4. The van der Waals surface area contributed by atoms with Crippen LogP contribution in [0.5, 0.6) is 0 Å². The minimum Gasteiger partial charge on any atom is -0.481 e. The summed E-state index contributed by atoms with van der Waals surface area (Å²) in [5.74, 6) is 2.91. The molecule has 1 aliphatic rings. The molecule has 1 aliphatic carbocycles. The summed E-state index contributed by atoms with van der Waals surface area (Å²) in [5, 5.41) is 14.8. The number of anilines is 1. The molecule has 2 unspecified atom stereocenters. The summed E-state index contributed by atoms with van der Waals surface area (Å²) in [6, 6.07) is 6.95. The molecule has 4 N–H and O–H groups in total. The zero-order chi connectivity index (χ0) is 13.1. The standard InChI is InChI=1S/C12H13N3O3/c13-14-6-7-1-3-8(4-2-7)15-11(16)9-5-10(9)12(17)18/h1-4,6,9-10H,5,13H2,(H,15,16)(H,17,18). The van der Waals surface area contributed by atoms with Crippen molar-refractivity contribution in [3.63, 3.8) is 0 Å². The van der Waals surface area contributed by atoms with Crippen molar-refractivity contribution in [2.24, 2.45) is 22.8 Å². The van der Waals surface area contributed by atoms with E-state index in [1.807, 2.05) is 0 Å². The second-order valence-corrected chi connectivity index (χ2v) is 4.18. The number of nitrogens with two attached hydrogens (primary N) is 1. The van der Waals surface area contributed by atoms with E-state index in [0.29, 0.717) is 12.1 Å². The number of hydrogen-bond donors (Lipinski definition) is 3. The van der Waals surface area contributed by atoms with Gasteiger partial charge in [0.15, 0.2) is 0 Å². The summed E-state index contributed by atoms with van der Waals surface area (Å²) in [4.78, 5) is 22.3. The van der Waals surface area contributed by atoms with Gasteiger partial charge in [-0.3, -0.25) is 9.59 Å². The van der Waals surface area contributed by atoms with E-state index in [9.17, 15) is 9.59 Å². The average Bonchev–Trinajstić information content (AvgIpc) is 3.12. The number of amides is 1. The van der Waals surface area contributed by atoms with Crippen molar-refractivity contribution in [1.29, 1.82) is 0 Å². The molecule has 1 amide bonds. The van der Waals surface area contributed by atoms with Crippen LogP contribution >= 0.6 is 0 Å². The molecule has 0 bridgehead atoms. The molecule has 18 heavy (non-hydrogen) atoms. The SMILES string of the molecule is NN=Cc1ccc(NC(=O)C2CC2C(=O)O)cc1.